The van der Waals surface area contributed by atoms with Gasteiger partial charge in [0.2, 0.25) is 0 Å². The van der Waals surface area contributed by atoms with Crippen LogP contribution in [-0.4, -0.2) is 15.9 Å². The molecule has 6 heteroatoms. The van der Waals surface area contributed by atoms with Gasteiger partial charge in [-0.2, -0.15) is 0 Å². The third-order valence-corrected chi connectivity index (χ3v) is 2.69. The highest BCUT2D eigenvalue weighted by Crippen LogP contribution is 2.19. The maximum atomic E-state index is 11.9. The predicted octanol–water partition coefficient (Wildman–Crippen LogP) is 2.07. The van der Waals surface area contributed by atoms with Crippen molar-refractivity contribution < 1.29 is 4.79 Å². The smallest absolute Gasteiger partial charge is 0.276 e. The Kier molecular flexibility index (Phi) is 3.34. The fraction of sp³-hybridized carbons (Fsp3) is 0. The molecule has 2 heterocycles. The maximum absolute atomic E-state index is 11.9. The number of anilines is 2. The summed E-state index contributed by atoms with van der Waals surface area (Å²) in [6.07, 6.45) is 3.14. The zero-order valence-corrected chi connectivity index (χ0v) is 10.3. The molecule has 17 heavy (non-hydrogen) atoms. The molecule has 5 nitrogen and oxygen atoms in total. The van der Waals surface area contributed by atoms with Crippen LogP contribution in [0.15, 0.2) is 41.3 Å². The first-order chi connectivity index (χ1) is 8.18. The zero-order valence-electron chi connectivity index (χ0n) is 8.72. The first-order valence-corrected chi connectivity index (χ1v) is 5.60. The highest BCUT2D eigenvalue weighted by Gasteiger charge is 2.12. The highest BCUT2D eigenvalue weighted by atomic mass is 79.9. The Labute approximate surface area is 106 Å². The molecule has 0 aliphatic carbocycles. The number of nitrogens with one attached hydrogen (secondary N) is 1. The number of carbonyl (C=O) groups excluding carboxylic acids is 1. The Morgan fingerprint density at radius 1 is 1.24 bits per heavy atom. The fourth-order valence-electron chi connectivity index (χ4n) is 1.27. The monoisotopic (exact) mass is 292 g/mol. The Morgan fingerprint density at radius 2 is 1.94 bits per heavy atom. The SMILES string of the molecule is Nc1cccnc1C(=O)Nc1cccnc1Br. The average molecular weight is 293 g/mol. The lowest BCUT2D eigenvalue weighted by atomic mass is 10.3. The quantitative estimate of drug-likeness (QED) is 0.831. The number of nitrogens with zero attached hydrogens (tertiary/aromatic N) is 2. The molecule has 0 aliphatic rings. The van der Waals surface area contributed by atoms with Crippen molar-refractivity contribution in [1.82, 2.24) is 9.97 Å². The number of halogens is 1. The van der Waals surface area contributed by atoms with Gasteiger partial charge in [0.05, 0.1) is 11.4 Å². The molecule has 2 rings (SSSR count). The summed E-state index contributed by atoms with van der Waals surface area (Å²) in [5.41, 5.74) is 6.77. The maximum Gasteiger partial charge on any atom is 0.276 e. The van der Waals surface area contributed by atoms with Crippen molar-refractivity contribution in [2.24, 2.45) is 0 Å². The molecule has 1 amide bonds. The second-order valence-corrected chi connectivity index (χ2v) is 3.99. The molecule has 0 bridgehead atoms. The summed E-state index contributed by atoms with van der Waals surface area (Å²) in [5, 5.41) is 2.68. The fourth-order valence-corrected chi connectivity index (χ4v) is 1.62. The van der Waals surface area contributed by atoms with Crippen LogP contribution in [0, 0.1) is 0 Å². The number of nitrogens with two attached hydrogens (primary N) is 1. The van der Waals surface area contributed by atoms with Crippen molar-refractivity contribution in [3.8, 4) is 0 Å². The van der Waals surface area contributed by atoms with Crippen molar-refractivity contribution in [2.75, 3.05) is 11.1 Å². The lowest BCUT2D eigenvalue weighted by Crippen LogP contribution is -2.16. The van der Waals surface area contributed by atoms with E-state index >= 15 is 0 Å². The number of aromatic nitrogens is 2. The molecular formula is C11H9BrN4O. The molecule has 0 atom stereocenters. The number of amides is 1. The van der Waals surface area contributed by atoms with E-state index in [0.29, 0.717) is 16.0 Å². The van der Waals surface area contributed by atoms with Gasteiger partial charge in [0.25, 0.3) is 5.91 Å². The zero-order chi connectivity index (χ0) is 12.3. The molecule has 0 fully saturated rings. The molecule has 0 spiro atoms. The van der Waals surface area contributed by atoms with Crippen molar-refractivity contribution in [3.63, 3.8) is 0 Å². The van der Waals surface area contributed by atoms with Crippen LogP contribution in [0.4, 0.5) is 11.4 Å². The van der Waals surface area contributed by atoms with Gasteiger partial charge in [0, 0.05) is 12.4 Å². The lowest BCUT2D eigenvalue weighted by Gasteiger charge is -2.07. The largest absolute Gasteiger partial charge is 0.397 e. The van der Waals surface area contributed by atoms with Gasteiger partial charge < -0.3 is 11.1 Å². The molecule has 2 aromatic heterocycles. The summed E-state index contributed by atoms with van der Waals surface area (Å²) in [5.74, 6) is -0.364. The Balaban J connectivity index is 2.24. The van der Waals surface area contributed by atoms with Crippen LogP contribution in [0.1, 0.15) is 10.5 Å². The third kappa shape index (κ3) is 2.59. The number of pyridine rings is 2. The normalized spacial score (nSPS) is 9.94. The lowest BCUT2D eigenvalue weighted by molar-refractivity contribution is 0.102. The van der Waals surface area contributed by atoms with Gasteiger partial charge in [-0.1, -0.05) is 0 Å². The Morgan fingerprint density at radius 3 is 2.65 bits per heavy atom. The summed E-state index contributed by atoms with van der Waals surface area (Å²) in [6.45, 7) is 0. The average Bonchev–Trinajstić information content (AvgIpc) is 2.32. The van der Waals surface area contributed by atoms with Crippen molar-refractivity contribution in [1.29, 1.82) is 0 Å². The predicted molar refractivity (Wildman–Crippen MR) is 68.5 cm³/mol. The molecule has 0 aromatic carbocycles. The summed E-state index contributed by atoms with van der Waals surface area (Å²) < 4.78 is 0.558. The molecule has 0 aliphatic heterocycles. The number of hydrogen-bond acceptors (Lipinski definition) is 4. The van der Waals surface area contributed by atoms with E-state index in [9.17, 15) is 4.79 Å². The van der Waals surface area contributed by atoms with E-state index in [1.165, 1.54) is 6.20 Å². The van der Waals surface area contributed by atoms with E-state index in [4.69, 9.17) is 5.73 Å². The second-order valence-electron chi connectivity index (χ2n) is 3.24. The van der Waals surface area contributed by atoms with Crippen LogP contribution < -0.4 is 11.1 Å². The third-order valence-electron chi connectivity index (χ3n) is 2.06. The van der Waals surface area contributed by atoms with Gasteiger partial charge in [-0.25, -0.2) is 9.97 Å². The summed E-state index contributed by atoms with van der Waals surface area (Å²) in [4.78, 5) is 19.8. The van der Waals surface area contributed by atoms with Crippen molar-refractivity contribution in [2.45, 2.75) is 0 Å². The number of hydrogen-bond donors (Lipinski definition) is 2. The molecular weight excluding hydrogens is 284 g/mol. The van der Waals surface area contributed by atoms with E-state index in [1.807, 2.05) is 0 Å². The molecule has 86 valence electrons. The number of carbonyl (C=O) groups is 1. The van der Waals surface area contributed by atoms with Gasteiger partial charge in [0.15, 0.2) is 5.69 Å². The summed E-state index contributed by atoms with van der Waals surface area (Å²) in [7, 11) is 0. The van der Waals surface area contributed by atoms with Crippen LogP contribution in [0.25, 0.3) is 0 Å². The van der Waals surface area contributed by atoms with E-state index in [0.717, 1.165) is 0 Å². The van der Waals surface area contributed by atoms with Crippen LogP contribution >= 0.6 is 15.9 Å². The molecule has 0 unspecified atom stereocenters. The number of nitrogen functional groups attached to an aromatic ring is 1. The Bertz CT molecular complexity index is 559. The van der Waals surface area contributed by atoms with Gasteiger partial charge in [0.1, 0.15) is 4.60 Å². The minimum absolute atomic E-state index is 0.197. The van der Waals surface area contributed by atoms with E-state index in [2.05, 4.69) is 31.2 Å². The van der Waals surface area contributed by atoms with E-state index in [1.54, 1.807) is 30.5 Å². The minimum atomic E-state index is -0.364. The summed E-state index contributed by atoms with van der Waals surface area (Å²) in [6, 6.07) is 6.75. The highest BCUT2D eigenvalue weighted by molar-refractivity contribution is 9.10. The van der Waals surface area contributed by atoms with Gasteiger partial charge in [-0.15, -0.1) is 0 Å². The van der Waals surface area contributed by atoms with Crippen LogP contribution in [0.2, 0.25) is 0 Å². The van der Waals surface area contributed by atoms with Crippen molar-refractivity contribution >= 4 is 33.2 Å². The van der Waals surface area contributed by atoms with Gasteiger partial charge >= 0.3 is 0 Å². The molecule has 0 saturated heterocycles. The van der Waals surface area contributed by atoms with Crippen LogP contribution in [0.5, 0.6) is 0 Å². The minimum Gasteiger partial charge on any atom is -0.397 e. The van der Waals surface area contributed by atoms with Crippen molar-refractivity contribution in [3.05, 3.63) is 47.0 Å². The van der Waals surface area contributed by atoms with E-state index < -0.39 is 0 Å². The Hall–Kier alpha value is -1.95. The van der Waals surface area contributed by atoms with Gasteiger partial charge in [-0.3, -0.25) is 4.79 Å². The summed E-state index contributed by atoms with van der Waals surface area (Å²) >= 11 is 3.24. The molecule has 0 saturated carbocycles. The first kappa shape index (κ1) is 11.5. The van der Waals surface area contributed by atoms with Crippen LogP contribution in [-0.2, 0) is 0 Å². The van der Waals surface area contributed by atoms with Gasteiger partial charge in [-0.05, 0) is 40.2 Å². The standard InChI is InChI=1S/C11H9BrN4O/c12-10-8(4-2-6-15-10)16-11(17)9-7(13)3-1-5-14-9/h1-6H,13H2,(H,16,17). The molecule has 0 radical (unpaired) electrons. The molecule has 2 aromatic rings. The first-order valence-electron chi connectivity index (χ1n) is 4.81. The molecule has 3 N–H and O–H groups in total. The van der Waals surface area contributed by atoms with E-state index in [-0.39, 0.29) is 11.6 Å². The topological polar surface area (TPSA) is 80.9 Å². The number of rotatable bonds is 2. The second kappa shape index (κ2) is 4.92. The van der Waals surface area contributed by atoms with Crippen LogP contribution in [0.3, 0.4) is 0 Å².